The average molecular weight is 424 g/mol. The number of piperidine rings is 1. The molecule has 0 saturated carbocycles. The summed E-state index contributed by atoms with van der Waals surface area (Å²) in [6.07, 6.45) is 1.20. The van der Waals surface area contributed by atoms with Crippen molar-refractivity contribution < 1.29 is 18.8 Å². The molecule has 3 aliphatic rings. The van der Waals surface area contributed by atoms with Crippen LogP contribution in [-0.2, 0) is 16.0 Å². The van der Waals surface area contributed by atoms with Crippen molar-refractivity contribution in [1.29, 1.82) is 5.26 Å². The number of fused-ring (bicyclic) bond motifs is 1. The van der Waals surface area contributed by atoms with Gasteiger partial charge in [0.25, 0.3) is 5.89 Å². The minimum atomic E-state index is -0.305. The summed E-state index contributed by atoms with van der Waals surface area (Å²) in [4.78, 5) is 18.0. The summed E-state index contributed by atoms with van der Waals surface area (Å²) >= 11 is 0. The van der Waals surface area contributed by atoms with E-state index in [0.29, 0.717) is 50.1 Å². The lowest BCUT2D eigenvalue weighted by atomic mass is 9.96. The molecular weight excluding hydrogens is 400 g/mol. The molecule has 5 rings (SSSR count). The summed E-state index contributed by atoms with van der Waals surface area (Å²) in [6.45, 7) is 3.23. The van der Waals surface area contributed by atoms with Crippen molar-refractivity contribution in [1.82, 2.24) is 20.0 Å². The highest BCUT2D eigenvalue weighted by Crippen LogP contribution is 2.39. The number of ether oxygens (including phenoxy) is 2. The zero-order chi connectivity index (χ0) is 21.5. The first-order valence-corrected chi connectivity index (χ1v) is 10.4. The largest absolute Gasteiger partial charge is 0.453 e. The number of carbonyl (C=O) groups excluding carboxylic acids is 1. The van der Waals surface area contributed by atoms with Gasteiger partial charge in [-0.3, -0.25) is 5.01 Å². The Morgan fingerprint density at radius 3 is 2.71 bits per heavy atom. The van der Waals surface area contributed by atoms with Crippen molar-refractivity contribution in [2.75, 3.05) is 45.5 Å². The summed E-state index contributed by atoms with van der Waals surface area (Å²) in [7, 11) is 3.41. The fourth-order valence-electron chi connectivity index (χ4n) is 4.55. The first-order valence-electron chi connectivity index (χ1n) is 10.4. The molecule has 1 aromatic heterocycles. The number of hydrazine groups is 1. The fraction of sp³-hybridized carbons (Fsp3) is 0.524. The topological polar surface area (TPSA) is 108 Å². The Labute approximate surface area is 179 Å². The second-order valence-corrected chi connectivity index (χ2v) is 8.17. The summed E-state index contributed by atoms with van der Waals surface area (Å²) in [5.74, 6) is 1.17. The van der Waals surface area contributed by atoms with E-state index in [0.717, 1.165) is 29.7 Å². The highest BCUT2D eigenvalue weighted by Gasteiger charge is 2.37. The van der Waals surface area contributed by atoms with Crippen LogP contribution in [0.2, 0.25) is 0 Å². The number of rotatable bonds is 3. The second kappa shape index (κ2) is 7.83. The predicted molar refractivity (Wildman–Crippen MR) is 109 cm³/mol. The van der Waals surface area contributed by atoms with E-state index in [1.54, 1.807) is 4.90 Å². The van der Waals surface area contributed by atoms with Crippen molar-refractivity contribution in [3.05, 3.63) is 29.1 Å². The zero-order valence-electron chi connectivity index (χ0n) is 17.6. The van der Waals surface area contributed by atoms with Crippen molar-refractivity contribution >= 4 is 11.8 Å². The van der Waals surface area contributed by atoms with Crippen molar-refractivity contribution in [2.45, 2.75) is 31.3 Å². The molecule has 31 heavy (non-hydrogen) atoms. The summed E-state index contributed by atoms with van der Waals surface area (Å²) in [5, 5.41) is 18.3. The minimum Gasteiger partial charge on any atom is -0.453 e. The molecule has 0 aliphatic carbocycles. The lowest BCUT2D eigenvalue weighted by Crippen LogP contribution is -2.53. The number of amides is 1. The molecule has 2 saturated heterocycles. The number of anilines is 1. The molecule has 2 aromatic rings. The molecule has 3 aliphatic heterocycles. The molecule has 1 aromatic carbocycles. The standard InChI is InChI=1S/C21H24N6O4/c1-25-10-17-15(9-22)7-14(8-18(17)27(25)16-11-30-12-16)20-23-19(24-31-20)13-3-5-26(6-4-13)21(28)29-2/h7-8,13,16H,3-6,10-12H2,1-2H3. The first kappa shape index (κ1) is 19.8. The number of benzene rings is 1. The van der Waals surface area contributed by atoms with Crippen LogP contribution in [0.5, 0.6) is 0 Å². The molecule has 0 unspecified atom stereocenters. The van der Waals surface area contributed by atoms with Gasteiger partial charge in [-0.15, -0.1) is 0 Å². The van der Waals surface area contributed by atoms with E-state index in [4.69, 9.17) is 14.0 Å². The molecule has 4 heterocycles. The third-order valence-electron chi connectivity index (χ3n) is 6.30. The summed E-state index contributed by atoms with van der Waals surface area (Å²) in [5.41, 5.74) is 3.36. The molecule has 0 bridgehead atoms. The van der Waals surface area contributed by atoms with E-state index in [9.17, 15) is 10.1 Å². The Hall–Kier alpha value is -3.16. The van der Waals surface area contributed by atoms with Crippen molar-refractivity contribution in [2.24, 2.45) is 0 Å². The van der Waals surface area contributed by atoms with Crippen LogP contribution in [0.3, 0.4) is 0 Å². The van der Waals surface area contributed by atoms with Gasteiger partial charge < -0.3 is 18.9 Å². The van der Waals surface area contributed by atoms with Crippen LogP contribution in [0.15, 0.2) is 16.7 Å². The summed E-state index contributed by atoms with van der Waals surface area (Å²) in [6, 6.07) is 6.44. The predicted octanol–water partition coefficient (Wildman–Crippen LogP) is 2.12. The zero-order valence-corrected chi connectivity index (χ0v) is 17.6. The van der Waals surface area contributed by atoms with Crippen LogP contribution < -0.4 is 5.01 Å². The monoisotopic (exact) mass is 424 g/mol. The van der Waals surface area contributed by atoms with Gasteiger partial charge in [-0.05, 0) is 25.0 Å². The third kappa shape index (κ3) is 3.40. The normalized spacial score (nSPS) is 19.8. The molecule has 0 radical (unpaired) electrons. The van der Waals surface area contributed by atoms with Crippen LogP contribution >= 0.6 is 0 Å². The van der Waals surface area contributed by atoms with E-state index in [1.165, 1.54) is 7.11 Å². The molecule has 0 spiro atoms. The fourth-order valence-corrected chi connectivity index (χ4v) is 4.55. The quantitative estimate of drug-likeness (QED) is 0.732. The number of likely N-dealkylation sites (tertiary alicyclic amines) is 1. The van der Waals surface area contributed by atoms with Crippen molar-refractivity contribution in [3.63, 3.8) is 0 Å². The second-order valence-electron chi connectivity index (χ2n) is 8.17. The smallest absolute Gasteiger partial charge is 0.409 e. The molecule has 0 atom stereocenters. The maximum absolute atomic E-state index is 11.7. The summed E-state index contributed by atoms with van der Waals surface area (Å²) < 4.78 is 15.8. The Bertz CT molecular complexity index is 1030. The average Bonchev–Trinajstić information content (AvgIpc) is 3.37. The number of nitrogens with zero attached hydrogens (tertiary/aromatic N) is 6. The highest BCUT2D eigenvalue weighted by atomic mass is 16.5. The number of carbonyl (C=O) groups is 1. The number of hydrogen-bond donors (Lipinski definition) is 0. The van der Waals surface area contributed by atoms with Crippen LogP contribution in [-0.4, -0.2) is 72.6 Å². The van der Waals surface area contributed by atoms with Crippen LogP contribution in [0.25, 0.3) is 11.5 Å². The van der Waals surface area contributed by atoms with Crippen molar-refractivity contribution in [3.8, 4) is 17.5 Å². The number of hydrogen-bond acceptors (Lipinski definition) is 9. The lowest BCUT2D eigenvalue weighted by Gasteiger charge is -2.40. The van der Waals surface area contributed by atoms with E-state index in [2.05, 4.69) is 26.2 Å². The third-order valence-corrected chi connectivity index (χ3v) is 6.30. The lowest BCUT2D eigenvalue weighted by molar-refractivity contribution is -0.00956. The van der Waals surface area contributed by atoms with Gasteiger partial charge in [-0.1, -0.05) is 5.16 Å². The number of methoxy groups -OCH3 is 1. The Morgan fingerprint density at radius 1 is 1.29 bits per heavy atom. The van der Waals surface area contributed by atoms with Gasteiger partial charge in [0, 0.05) is 43.7 Å². The molecule has 0 N–H and O–H groups in total. The number of nitriles is 1. The molecule has 1 amide bonds. The molecule has 10 nitrogen and oxygen atoms in total. The Morgan fingerprint density at radius 2 is 2.06 bits per heavy atom. The van der Waals surface area contributed by atoms with Gasteiger partial charge in [0.15, 0.2) is 5.82 Å². The van der Waals surface area contributed by atoms with E-state index < -0.39 is 0 Å². The maximum Gasteiger partial charge on any atom is 0.409 e. The Kier molecular flexibility index (Phi) is 5.00. The number of aromatic nitrogens is 2. The van der Waals surface area contributed by atoms with E-state index in [1.807, 2.05) is 19.2 Å². The van der Waals surface area contributed by atoms with Gasteiger partial charge in [0.1, 0.15) is 0 Å². The van der Waals surface area contributed by atoms with Crippen LogP contribution in [0.4, 0.5) is 10.5 Å². The maximum atomic E-state index is 11.7. The van der Waals surface area contributed by atoms with E-state index in [-0.39, 0.29) is 18.1 Å². The Balaban J connectivity index is 1.40. The van der Waals surface area contributed by atoms with Gasteiger partial charge in [-0.2, -0.15) is 10.2 Å². The highest BCUT2D eigenvalue weighted by molar-refractivity contribution is 5.72. The van der Waals surface area contributed by atoms with Crippen LogP contribution in [0, 0.1) is 11.3 Å². The molecule has 10 heteroatoms. The SMILES string of the molecule is COC(=O)N1CCC(c2noc(-c3cc(C#N)c4c(c3)N(C3COC3)N(C)C4)n2)CC1. The minimum absolute atomic E-state index is 0.123. The van der Waals surface area contributed by atoms with Gasteiger partial charge in [0.2, 0.25) is 0 Å². The van der Waals surface area contributed by atoms with Crippen LogP contribution in [0.1, 0.15) is 35.7 Å². The molecule has 162 valence electrons. The van der Waals surface area contributed by atoms with Gasteiger partial charge in [-0.25, -0.2) is 9.80 Å². The van der Waals surface area contributed by atoms with Gasteiger partial charge in [0.05, 0.1) is 43.7 Å². The first-order chi connectivity index (χ1) is 15.1. The molecular formula is C21H24N6O4. The molecule has 2 fully saturated rings. The van der Waals surface area contributed by atoms with E-state index >= 15 is 0 Å². The van der Waals surface area contributed by atoms with Gasteiger partial charge >= 0.3 is 6.09 Å².